The lowest BCUT2D eigenvalue weighted by atomic mass is 10.00. The van der Waals surface area contributed by atoms with Gasteiger partial charge in [0.1, 0.15) is 11.4 Å². The van der Waals surface area contributed by atoms with E-state index in [9.17, 15) is 9.59 Å². The fourth-order valence-electron chi connectivity index (χ4n) is 4.96. The van der Waals surface area contributed by atoms with Crippen molar-refractivity contribution in [3.63, 3.8) is 0 Å². The van der Waals surface area contributed by atoms with Gasteiger partial charge in [-0.25, -0.2) is 4.68 Å². The zero-order chi connectivity index (χ0) is 24.7. The molecule has 0 saturated heterocycles. The van der Waals surface area contributed by atoms with Crippen LogP contribution in [0.25, 0.3) is 5.69 Å². The third-order valence-electron chi connectivity index (χ3n) is 7.07. The molecule has 0 atom stereocenters. The number of aromatic nitrogens is 2. The van der Waals surface area contributed by atoms with Gasteiger partial charge < -0.3 is 15.4 Å². The molecule has 0 radical (unpaired) electrons. The normalized spacial score (nSPS) is 16.1. The van der Waals surface area contributed by atoms with Gasteiger partial charge in [-0.15, -0.1) is 6.42 Å². The van der Waals surface area contributed by atoms with E-state index in [0.717, 1.165) is 18.5 Å². The summed E-state index contributed by atoms with van der Waals surface area (Å²) in [5.74, 6) is 2.53. The number of methoxy groups -OCH3 is 1. The maximum absolute atomic E-state index is 13.7. The summed E-state index contributed by atoms with van der Waals surface area (Å²) in [6.45, 7) is 1.02. The van der Waals surface area contributed by atoms with Crippen LogP contribution >= 0.6 is 0 Å². The van der Waals surface area contributed by atoms with E-state index >= 15 is 0 Å². The molecule has 0 bridgehead atoms. The lowest BCUT2D eigenvalue weighted by molar-refractivity contribution is 0.0972. The van der Waals surface area contributed by atoms with Crippen molar-refractivity contribution in [2.24, 2.45) is 5.73 Å². The number of hydrogen-bond acceptors (Lipinski definition) is 5. The number of amides is 2. The number of fused-ring (bicyclic) bond motifs is 1. The van der Waals surface area contributed by atoms with Crippen molar-refractivity contribution in [1.29, 1.82) is 0 Å². The second-order valence-electron chi connectivity index (χ2n) is 9.00. The summed E-state index contributed by atoms with van der Waals surface area (Å²) in [6.07, 6.45) is 8.12. The molecule has 2 N–H and O–H groups in total. The molecule has 2 aliphatic rings. The van der Waals surface area contributed by atoms with Crippen LogP contribution in [0.1, 0.15) is 44.9 Å². The first kappa shape index (κ1) is 22.7. The predicted molar refractivity (Wildman–Crippen MR) is 133 cm³/mol. The summed E-state index contributed by atoms with van der Waals surface area (Å²) >= 11 is 0. The molecule has 2 amide bonds. The predicted octanol–water partition coefficient (Wildman–Crippen LogP) is 2.74. The lowest BCUT2D eigenvalue weighted by Crippen LogP contribution is -2.39. The topological polar surface area (TPSA) is 93.7 Å². The highest BCUT2D eigenvalue weighted by molar-refractivity contribution is 6.09. The zero-order valence-corrected chi connectivity index (χ0v) is 19.8. The molecule has 0 unspecified atom stereocenters. The lowest BCUT2D eigenvalue weighted by Gasteiger charge is -2.29. The van der Waals surface area contributed by atoms with Gasteiger partial charge in [0, 0.05) is 23.3 Å². The Labute approximate surface area is 204 Å². The fraction of sp³-hybridized carbons (Fsp3) is 0.296. The summed E-state index contributed by atoms with van der Waals surface area (Å²) in [4.78, 5) is 29.7. The van der Waals surface area contributed by atoms with Gasteiger partial charge >= 0.3 is 0 Å². The van der Waals surface area contributed by atoms with E-state index in [2.05, 4.69) is 28.1 Å². The average molecular weight is 470 g/mol. The molecule has 1 saturated carbocycles. The van der Waals surface area contributed by atoms with E-state index in [1.165, 1.54) is 10.2 Å². The Bertz CT molecular complexity index is 1330. The number of nitrogens with zero attached hydrogens (tertiary/aromatic N) is 4. The van der Waals surface area contributed by atoms with Crippen LogP contribution in [0.5, 0.6) is 5.75 Å². The van der Waals surface area contributed by atoms with Crippen LogP contribution in [0, 0.1) is 12.3 Å². The minimum absolute atomic E-state index is 0.0205. The van der Waals surface area contributed by atoms with Crippen LogP contribution < -0.4 is 15.4 Å². The quantitative estimate of drug-likeness (QED) is 0.537. The van der Waals surface area contributed by atoms with Crippen LogP contribution in [0.2, 0.25) is 0 Å². The van der Waals surface area contributed by atoms with Crippen molar-refractivity contribution in [1.82, 2.24) is 14.7 Å². The molecule has 2 aromatic carbocycles. The molecular formula is C27H27N5O3. The third-order valence-corrected chi connectivity index (χ3v) is 7.07. The number of primary amides is 1. The molecule has 1 fully saturated rings. The van der Waals surface area contributed by atoms with Crippen LogP contribution in [-0.4, -0.2) is 53.7 Å². The van der Waals surface area contributed by atoms with Gasteiger partial charge in [0.15, 0.2) is 5.69 Å². The smallest absolute Gasteiger partial charge is 0.277 e. The minimum atomic E-state index is -0.648. The molecule has 178 valence electrons. The van der Waals surface area contributed by atoms with Crippen LogP contribution in [0.4, 0.5) is 5.69 Å². The first-order valence-electron chi connectivity index (χ1n) is 11.5. The molecule has 8 nitrogen and oxygen atoms in total. The molecular weight excluding hydrogens is 442 g/mol. The highest BCUT2D eigenvalue weighted by Gasteiger charge is 2.47. The largest absolute Gasteiger partial charge is 0.497 e. The number of carbonyl (C=O) groups is 2. The third kappa shape index (κ3) is 3.74. The maximum atomic E-state index is 13.7. The standard InChI is InChI=1S/C27H27N5O3/c1-4-16-30(2)27(14-15-27)18-5-7-19(8-6-18)31-17-13-22-23(25(28)33)29-32(24(22)26(31)34)20-9-11-21(35-3)12-10-20/h1,5-12H,13-17H2,2-3H3,(H2,28,33). The molecule has 1 aromatic heterocycles. The Balaban J connectivity index is 1.49. The second-order valence-corrected chi connectivity index (χ2v) is 9.00. The highest BCUT2D eigenvalue weighted by atomic mass is 16.5. The van der Waals surface area contributed by atoms with E-state index in [-0.39, 0.29) is 17.1 Å². The number of hydrogen-bond donors (Lipinski definition) is 1. The van der Waals surface area contributed by atoms with E-state index in [4.69, 9.17) is 16.9 Å². The molecule has 1 aliphatic carbocycles. The first-order chi connectivity index (χ1) is 16.9. The van der Waals surface area contributed by atoms with E-state index in [0.29, 0.717) is 42.2 Å². The van der Waals surface area contributed by atoms with Gasteiger partial charge in [-0.1, -0.05) is 18.1 Å². The molecule has 0 spiro atoms. The molecule has 8 heteroatoms. The SMILES string of the molecule is C#CCN(C)C1(c2ccc(N3CCc4c(C(N)=O)nn(-c5ccc(OC)cc5)c4C3=O)cc2)CC1. The summed E-state index contributed by atoms with van der Waals surface area (Å²) in [5.41, 5.74) is 9.28. The summed E-state index contributed by atoms with van der Waals surface area (Å²) in [6, 6.07) is 15.3. The number of nitrogens with two attached hydrogens (primary N) is 1. The summed E-state index contributed by atoms with van der Waals surface area (Å²) in [7, 11) is 3.63. The number of anilines is 1. The van der Waals surface area contributed by atoms with E-state index in [1.54, 1.807) is 36.3 Å². The van der Waals surface area contributed by atoms with E-state index < -0.39 is 5.91 Å². The maximum Gasteiger partial charge on any atom is 0.277 e. The van der Waals surface area contributed by atoms with Crippen molar-refractivity contribution < 1.29 is 14.3 Å². The van der Waals surface area contributed by atoms with Crippen molar-refractivity contribution in [3.05, 3.63) is 71.0 Å². The number of carbonyl (C=O) groups excluding carboxylic acids is 2. The van der Waals surface area contributed by atoms with Gasteiger partial charge in [-0.3, -0.25) is 14.5 Å². The second kappa shape index (κ2) is 8.60. The Hall–Kier alpha value is -4.09. The highest BCUT2D eigenvalue weighted by Crippen LogP contribution is 2.50. The first-order valence-corrected chi connectivity index (χ1v) is 11.5. The van der Waals surface area contributed by atoms with E-state index in [1.807, 2.05) is 19.2 Å². The number of terminal acetylenes is 1. The summed E-state index contributed by atoms with van der Waals surface area (Å²) in [5, 5.41) is 4.42. The van der Waals surface area contributed by atoms with Crippen molar-refractivity contribution in [2.75, 3.05) is 32.1 Å². The van der Waals surface area contributed by atoms with Crippen molar-refractivity contribution >= 4 is 17.5 Å². The number of rotatable bonds is 7. The number of benzene rings is 2. The minimum Gasteiger partial charge on any atom is -0.497 e. The van der Waals surface area contributed by atoms with Gasteiger partial charge in [-0.05, 0) is 68.3 Å². The molecule has 35 heavy (non-hydrogen) atoms. The molecule has 3 aromatic rings. The Morgan fingerprint density at radius 3 is 2.40 bits per heavy atom. The monoisotopic (exact) mass is 469 g/mol. The van der Waals surface area contributed by atoms with Gasteiger partial charge in [0.25, 0.3) is 11.8 Å². The van der Waals surface area contributed by atoms with Gasteiger partial charge in [0.05, 0.1) is 19.3 Å². The number of ether oxygens (including phenoxy) is 1. The molecule has 5 rings (SSSR count). The average Bonchev–Trinajstić information content (AvgIpc) is 3.59. The van der Waals surface area contributed by atoms with Crippen molar-refractivity contribution in [2.45, 2.75) is 24.8 Å². The van der Waals surface area contributed by atoms with Gasteiger partial charge in [-0.2, -0.15) is 5.10 Å². The Morgan fingerprint density at radius 2 is 1.83 bits per heavy atom. The Morgan fingerprint density at radius 1 is 1.17 bits per heavy atom. The zero-order valence-electron chi connectivity index (χ0n) is 19.8. The fourth-order valence-corrected chi connectivity index (χ4v) is 4.96. The van der Waals surface area contributed by atoms with Crippen molar-refractivity contribution in [3.8, 4) is 23.8 Å². The van der Waals surface area contributed by atoms with Crippen LogP contribution in [0.3, 0.4) is 0 Å². The van der Waals surface area contributed by atoms with Crippen LogP contribution in [0.15, 0.2) is 48.5 Å². The van der Waals surface area contributed by atoms with Crippen LogP contribution in [-0.2, 0) is 12.0 Å². The Kier molecular flexibility index (Phi) is 5.58. The van der Waals surface area contributed by atoms with Gasteiger partial charge in [0.2, 0.25) is 0 Å². The summed E-state index contributed by atoms with van der Waals surface area (Å²) < 4.78 is 6.74. The molecule has 2 heterocycles. The molecule has 1 aliphatic heterocycles.